The maximum atomic E-state index is 11.8. The largest absolute Gasteiger partial charge is 0.461 e. The number of rotatable bonds is 4. The predicted octanol–water partition coefficient (Wildman–Crippen LogP) is 1.98. The lowest BCUT2D eigenvalue weighted by Gasteiger charge is -2.09. The fourth-order valence-corrected chi connectivity index (χ4v) is 1.55. The minimum atomic E-state index is -0.992. The van der Waals surface area contributed by atoms with E-state index < -0.39 is 17.6 Å². The number of hydrogen-bond donors (Lipinski definition) is 2. The van der Waals surface area contributed by atoms with Gasteiger partial charge in [0.25, 0.3) is 11.6 Å². The van der Waals surface area contributed by atoms with Crippen LogP contribution >= 0.6 is 11.6 Å². The van der Waals surface area contributed by atoms with E-state index >= 15 is 0 Å². The van der Waals surface area contributed by atoms with Crippen LogP contribution in [0.5, 0.6) is 0 Å². The summed E-state index contributed by atoms with van der Waals surface area (Å²) in [6.07, 6.45) is 0. The molecule has 0 unspecified atom stereocenters. The van der Waals surface area contributed by atoms with Crippen molar-refractivity contribution < 1.29 is 19.5 Å². The SMILES string of the molecule is CCOC(=O)C(=NO)C(=O)Nc1ccc(Cl)cc1C. The van der Waals surface area contributed by atoms with E-state index in [4.69, 9.17) is 16.8 Å². The first-order valence-corrected chi connectivity index (χ1v) is 5.84. The van der Waals surface area contributed by atoms with Gasteiger partial charge in [-0.05, 0) is 37.6 Å². The molecule has 1 amide bonds. The summed E-state index contributed by atoms with van der Waals surface area (Å²) in [5.74, 6) is -1.85. The summed E-state index contributed by atoms with van der Waals surface area (Å²) in [5.41, 5.74) is 0.457. The summed E-state index contributed by atoms with van der Waals surface area (Å²) in [6.45, 7) is 3.39. The lowest BCUT2D eigenvalue weighted by Crippen LogP contribution is -2.31. The first-order valence-electron chi connectivity index (χ1n) is 5.46. The van der Waals surface area contributed by atoms with Crippen LogP contribution in [0.2, 0.25) is 5.02 Å². The molecule has 0 aliphatic carbocycles. The van der Waals surface area contributed by atoms with Crippen molar-refractivity contribution in [2.75, 3.05) is 11.9 Å². The van der Waals surface area contributed by atoms with Gasteiger partial charge in [0, 0.05) is 10.7 Å². The van der Waals surface area contributed by atoms with E-state index in [1.54, 1.807) is 32.0 Å². The molecular formula is C12H13ClN2O4. The van der Waals surface area contributed by atoms with Crippen molar-refractivity contribution in [3.63, 3.8) is 0 Å². The Morgan fingerprint density at radius 1 is 1.47 bits per heavy atom. The monoisotopic (exact) mass is 284 g/mol. The molecule has 0 fully saturated rings. The molecule has 2 N–H and O–H groups in total. The molecule has 0 aliphatic heterocycles. The predicted molar refractivity (Wildman–Crippen MR) is 70.7 cm³/mol. The minimum absolute atomic E-state index is 0.0745. The Bertz CT molecular complexity index is 528. The Kier molecular flexibility index (Phi) is 5.32. The molecule has 7 heteroatoms. The first kappa shape index (κ1) is 15.0. The highest BCUT2D eigenvalue weighted by molar-refractivity contribution is 6.65. The summed E-state index contributed by atoms with van der Waals surface area (Å²) in [6, 6.07) is 4.82. The molecule has 6 nitrogen and oxygen atoms in total. The van der Waals surface area contributed by atoms with Gasteiger partial charge in [0.05, 0.1) is 6.61 Å². The van der Waals surface area contributed by atoms with E-state index in [1.807, 2.05) is 0 Å². The standard InChI is InChI=1S/C12H13ClN2O4/c1-3-19-12(17)10(15-18)11(16)14-9-5-4-8(13)6-7(9)2/h4-6,18H,3H2,1-2H3,(H,14,16). The number of anilines is 1. The molecule has 0 atom stereocenters. The Morgan fingerprint density at radius 3 is 2.68 bits per heavy atom. The molecule has 0 aliphatic rings. The van der Waals surface area contributed by atoms with Crippen molar-refractivity contribution in [2.24, 2.45) is 5.16 Å². The van der Waals surface area contributed by atoms with E-state index in [0.29, 0.717) is 16.3 Å². The lowest BCUT2D eigenvalue weighted by molar-refractivity contribution is -0.135. The first-order chi connectivity index (χ1) is 8.99. The second-order valence-corrected chi connectivity index (χ2v) is 4.02. The Hall–Kier alpha value is -2.08. The number of ether oxygens (including phenoxy) is 1. The van der Waals surface area contributed by atoms with Crippen LogP contribution in [0.15, 0.2) is 23.4 Å². The molecule has 0 saturated carbocycles. The van der Waals surface area contributed by atoms with Crippen molar-refractivity contribution >= 4 is 34.9 Å². The van der Waals surface area contributed by atoms with E-state index in [0.717, 1.165) is 0 Å². The second-order valence-electron chi connectivity index (χ2n) is 3.58. The molecule has 1 aromatic carbocycles. The van der Waals surface area contributed by atoms with Gasteiger partial charge in [0.2, 0.25) is 0 Å². The van der Waals surface area contributed by atoms with Crippen molar-refractivity contribution in [1.29, 1.82) is 0 Å². The maximum absolute atomic E-state index is 11.8. The molecule has 0 spiro atoms. The second kappa shape index (κ2) is 6.75. The zero-order valence-electron chi connectivity index (χ0n) is 10.4. The van der Waals surface area contributed by atoms with Gasteiger partial charge in [-0.25, -0.2) is 4.79 Å². The third kappa shape index (κ3) is 3.96. The Labute approximate surface area is 115 Å². The molecule has 0 radical (unpaired) electrons. The van der Waals surface area contributed by atoms with Crippen LogP contribution in [-0.4, -0.2) is 29.4 Å². The third-order valence-corrected chi connectivity index (χ3v) is 2.46. The highest BCUT2D eigenvalue weighted by Gasteiger charge is 2.23. The smallest absolute Gasteiger partial charge is 0.366 e. The average molecular weight is 285 g/mol. The molecule has 0 saturated heterocycles. The van der Waals surface area contributed by atoms with Crippen molar-refractivity contribution in [3.8, 4) is 0 Å². The minimum Gasteiger partial charge on any atom is -0.461 e. The number of benzene rings is 1. The number of hydrogen-bond acceptors (Lipinski definition) is 5. The summed E-state index contributed by atoms with van der Waals surface area (Å²) >= 11 is 5.78. The highest BCUT2D eigenvalue weighted by Crippen LogP contribution is 2.19. The van der Waals surface area contributed by atoms with Crippen LogP contribution in [-0.2, 0) is 14.3 Å². The van der Waals surface area contributed by atoms with Crippen LogP contribution in [0.1, 0.15) is 12.5 Å². The third-order valence-electron chi connectivity index (χ3n) is 2.22. The fourth-order valence-electron chi connectivity index (χ4n) is 1.33. The number of halogens is 1. The van der Waals surface area contributed by atoms with Crippen LogP contribution in [0.3, 0.4) is 0 Å². The van der Waals surface area contributed by atoms with Crippen LogP contribution in [0, 0.1) is 6.92 Å². The van der Waals surface area contributed by atoms with Crippen molar-refractivity contribution in [3.05, 3.63) is 28.8 Å². The summed E-state index contributed by atoms with van der Waals surface area (Å²) < 4.78 is 4.59. The Morgan fingerprint density at radius 2 is 2.16 bits per heavy atom. The van der Waals surface area contributed by atoms with Gasteiger partial charge in [-0.15, -0.1) is 0 Å². The van der Waals surface area contributed by atoms with Crippen molar-refractivity contribution in [1.82, 2.24) is 0 Å². The molecule has 0 bridgehead atoms. The van der Waals surface area contributed by atoms with E-state index in [2.05, 4.69) is 15.2 Å². The zero-order chi connectivity index (χ0) is 14.4. The molecule has 1 aromatic rings. The number of carbonyl (C=O) groups is 2. The number of esters is 1. The lowest BCUT2D eigenvalue weighted by atomic mass is 10.2. The number of oxime groups is 1. The maximum Gasteiger partial charge on any atom is 0.366 e. The van der Waals surface area contributed by atoms with E-state index in [1.165, 1.54) is 0 Å². The number of carbonyl (C=O) groups excluding carboxylic acids is 2. The number of nitrogens with one attached hydrogen (secondary N) is 1. The molecule has 1 rings (SSSR count). The van der Waals surface area contributed by atoms with E-state index in [9.17, 15) is 9.59 Å². The van der Waals surface area contributed by atoms with Gasteiger partial charge >= 0.3 is 5.97 Å². The molecular weight excluding hydrogens is 272 g/mol. The van der Waals surface area contributed by atoms with Crippen molar-refractivity contribution in [2.45, 2.75) is 13.8 Å². The quantitative estimate of drug-likeness (QED) is 0.291. The fraction of sp³-hybridized carbons (Fsp3) is 0.250. The van der Waals surface area contributed by atoms with Gasteiger partial charge in [-0.2, -0.15) is 0 Å². The number of aryl methyl sites for hydroxylation is 1. The Balaban J connectivity index is 2.86. The van der Waals surface area contributed by atoms with Gasteiger partial charge < -0.3 is 15.3 Å². The topological polar surface area (TPSA) is 88.0 Å². The molecule has 19 heavy (non-hydrogen) atoms. The highest BCUT2D eigenvalue weighted by atomic mass is 35.5. The number of nitrogens with zero attached hydrogens (tertiary/aromatic N) is 1. The zero-order valence-corrected chi connectivity index (χ0v) is 11.2. The van der Waals surface area contributed by atoms with Gasteiger partial charge in [-0.1, -0.05) is 16.8 Å². The van der Waals surface area contributed by atoms with Gasteiger partial charge in [0.1, 0.15) is 0 Å². The normalized spacial score (nSPS) is 11.0. The average Bonchev–Trinajstić information content (AvgIpc) is 2.34. The summed E-state index contributed by atoms with van der Waals surface area (Å²) in [4.78, 5) is 23.1. The van der Waals surface area contributed by atoms with Crippen LogP contribution in [0.4, 0.5) is 5.69 Å². The molecule has 102 valence electrons. The molecule has 0 aromatic heterocycles. The van der Waals surface area contributed by atoms with Gasteiger partial charge in [0.15, 0.2) is 0 Å². The van der Waals surface area contributed by atoms with Gasteiger partial charge in [-0.3, -0.25) is 4.79 Å². The molecule has 0 heterocycles. The summed E-state index contributed by atoms with van der Waals surface area (Å²) in [5, 5.41) is 14.3. The van der Waals surface area contributed by atoms with Crippen LogP contribution < -0.4 is 5.32 Å². The van der Waals surface area contributed by atoms with Crippen LogP contribution in [0.25, 0.3) is 0 Å². The number of amides is 1. The van der Waals surface area contributed by atoms with E-state index in [-0.39, 0.29) is 6.61 Å². The summed E-state index contributed by atoms with van der Waals surface area (Å²) in [7, 11) is 0.